The first-order valence-corrected chi connectivity index (χ1v) is 14.0. The number of nitrogens with zero attached hydrogens (tertiary/aromatic N) is 2. The maximum absolute atomic E-state index is 13.2. The van der Waals surface area contributed by atoms with Crippen LogP contribution in [0, 0.1) is 0 Å². The number of aliphatic hydroxyl groups is 1. The lowest BCUT2D eigenvalue weighted by molar-refractivity contribution is -0.0507. The number of hydrogen-bond acceptors (Lipinski definition) is 6. The lowest BCUT2D eigenvalue weighted by Crippen LogP contribution is -2.10. The zero-order valence-electron chi connectivity index (χ0n) is 20.3. The third-order valence-corrected chi connectivity index (χ3v) is 9.42. The topological polar surface area (TPSA) is 90.7 Å². The third-order valence-electron chi connectivity index (χ3n) is 7.14. The minimum absolute atomic E-state index is 0.0896. The Kier molecular flexibility index (Phi) is 6.41. The Hall–Kier alpha value is -3.34. The van der Waals surface area contributed by atoms with Crippen LogP contribution < -0.4 is 4.74 Å². The summed E-state index contributed by atoms with van der Waals surface area (Å²) in [6.07, 6.45) is 1.43. The van der Waals surface area contributed by atoms with E-state index in [4.69, 9.17) is 14.5 Å². The van der Waals surface area contributed by atoms with Gasteiger partial charge in [-0.25, -0.2) is 13.4 Å². The van der Waals surface area contributed by atoms with E-state index in [2.05, 4.69) is 0 Å². The number of rotatable bonds is 9. The first-order chi connectivity index (χ1) is 18.4. The van der Waals surface area contributed by atoms with Crippen molar-refractivity contribution in [1.82, 2.24) is 9.55 Å². The number of benzene rings is 3. The molecule has 1 aliphatic heterocycles. The van der Waals surface area contributed by atoms with Gasteiger partial charge in [-0.15, -0.1) is 0 Å². The summed E-state index contributed by atoms with van der Waals surface area (Å²) in [5.74, 6) is 0.736. The second-order valence-corrected chi connectivity index (χ2v) is 11.8. The highest BCUT2D eigenvalue weighted by Crippen LogP contribution is 2.46. The average molecular weight is 541 g/mol. The van der Waals surface area contributed by atoms with Crippen molar-refractivity contribution in [3.8, 4) is 16.9 Å². The Morgan fingerprint density at radius 2 is 1.76 bits per heavy atom. The Labute approximate surface area is 218 Å². The van der Waals surface area contributed by atoms with Crippen LogP contribution in [0.5, 0.6) is 5.75 Å². The summed E-state index contributed by atoms with van der Waals surface area (Å²) in [6, 6.07) is 19.0. The predicted octanol–water partition coefficient (Wildman–Crippen LogP) is 5.28. The standard InChI is InChI=1S/C28H26F2N2O5S/c29-28(30)37-25-4-2-1-3-21(25)23-16-26(36-14-13-33)27-31-22-12-7-18(15-24(22)32(23)27)17-5-8-19(9-6-17)38(34,35)20-10-11-20/h1-9,12,15,20,23,26,28,33H,10-11,13-14,16H2/t23-,26-/m1/s1. The molecule has 1 aliphatic carbocycles. The number of imidazole rings is 1. The molecular formula is C28H26F2N2O5S. The molecule has 4 aromatic rings. The van der Waals surface area contributed by atoms with Crippen molar-refractivity contribution in [2.24, 2.45) is 0 Å². The van der Waals surface area contributed by atoms with Gasteiger partial charge in [-0.2, -0.15) is 8.78 Å². The van der Waals surface area contributed by atoms with E-state index in [9.17, 15) is 22.3 Å². The van der Waals surface area contributed by atoms with Gasteiger partial charge in [0.1, 0.15) is 17.7 Å². The third kappa shape index (κ3) is 4.46. The van der Waals surface area contributed by atoms with E-state index in [1.165, 1.54) is 6.07 Å². The Morgan fingerprint density at radius 3 is 2.47 bits per heavy atom. The fourth-order valence-electron chi connectivity index (χ4n) is 5.23. The second-order valence-electron chi connectivity index (χ2n) is 9.56. The number of halogens is 2. The molecule has 0 unspecified atom stereocenters. The van der Waals surface area contributed by atoms with E-state index in [0.29, 0.717) is 41.1 Å². The first kappa shape index (κ1) is 25.0. The molecule has 7 nitrogen and oxygen atoms in total. The average Bonchev–Trinajstić information content (AvgIpc) is 3.63. The summed E-state index contributed by atoms with van der Waals surface area (Å²) in [6.45, 7) is -2.99. The Balaban J connectivity index is 1.42. The maximum Gasteiger partial charge on any atom is 0.387 e. The molecule has 38 heavy (non-hydrogen) atoms. The molecule has 0 amide bonds. The van der Waals surface area contributed by atoms with Crippen LogP contribution >= 0.6 is 0 Å². The van der Waals surface area contributed by atoms with E-state index in [1.807, 2.05) is 22.8 Å². The molecule has 1 fully saturated rings. The summed E-state index contributed by atoms with van der Waals surface area (Å²) in [7, 11) is -3.27. The molecule has 3 aromatic carbocycles. The highest BCUT2D eigenvalue weighted by molar-refractivity contribution is 7.92. The minimum atomic E-state index is -3.27. The molecule has 0 bridgehead atoms. The fourth-order valence-corrected chi connectivity index (χ4v) is 6.89. The van der Waals surface area contributed by atoms with Crippen molar-refractivity contribution in [1.29, 1.82) is 0 Å². The van der Waals surface area contributed by atoms with Crippen LogP contribution in [0.25, 0.3) is 22.2 Å². The van der Waals surface area contributed by atoms with E-state index in [-0.39, 0.29) is 30.3 Å². The van der Waals surface area contributed by atoms with Crippen LogP contribution in [0.2, 0.25) is 0 Å². The number of para-hydroxylation sites is 1. The molecular weight excluding hydrogens is 514 g/mol. The summed E-state index contributed by atoms with van der Waals surface area (Å²) < 4.78 is 64.2. The van der Waals surface area contributed by atoms with Crippen LogP contribution in [0.1, 0.15) is 42.8 Å². The quantitative estimate of drug-likeness (QED) is 0.311. The van der Waals surface area contributed by atoms with Crippen molar-refractivity contribution in [3.05, 3.63) is 78.1 Å². The number of alkyl halides is 2. The summed E-state index contributed by atoms with van der Waals surface area (Å²) in [4.78, 5) is 5.12. The molecule has 2 atom stereocenters. The molecule has 0 radical (unpaired) electrons. The first-order valence-electron chi connectivity index (χ1n) is 12.5. The maximum atomic E-state index is 13.2. The van der Waals surface area contributed by atoms with Crippen LogP contribution in [0.15, 0.2) is 71.6 Å². The molecule has 1 aromatic heterocycles. The van der Waals surface area contributed by atoms with Crippen molar-refractivity contribution < 1.29 is 31.8 Å². The number of aromatic nitrogens is 2. The van der Waals surface area contributed by atoms with Crippen LogP contribution in [-0.4, -0.2) is 48.2 Å². The normalized spacial score (nSPS) is 19.3. The zero-order valence-corrected chi connectivity index (χ0v) is 21.2. The number of ether oxygens (including phenoxy) is 2. The van der Waals surface area contributed by atoms with E-state index in [1.54, 1.807) is 42.5 Å². The lowest BCUT2D eigenvalue weighted by atomic mass is 10.0. The Bertz CT molecular complexity index is 1580. The van der Waals surface area contributed by atoms with Crippen LogP contribution in [0.3, 0.4) is 0 Å². The molecule has 10 heteroatoms. The minimum Gasteiger partial charge on any atom is -0.434 e. The number of hydrogen-bond donors (Lipinski definition) is 1. The van der Waals surface area contributed by atoms with Crippen LogP contribution in [-0.2, 0) is 14.6 Å². The molecule has 198 valence electrons. The predicted molar refractivity (Wildman–Crippen MR) is 137 cm³/mol. The van der Waals surface area contributed by atoms with E-state index in [0.717, 1.165) is 16.6 Å². The van der Waals surface area contributed by atoms with Gasteiger partial charge in [0.05, 0.1) is 40.4 Å². The SMILES string of the molecule is O=S(=O)(c1ccc(-c2ccc3nc4n(c3c2)[C@@H](c2ccccc2OC(F)F)C[C@H]4OCCO)cc1)C1CC1. The molecule has 6 rings (SSSR count). The second kappa shape index (κ2) is 9.76. The fraction of sp³-hybridized carbons (Fsp3) is 0.321. The molecule has 0 saturated heterocycles. The molecule has 2 aliphatic rings. The Morgan fingerprint density at radius 1 is 1.03 bits per heavy atom. The molecule has 0 spiro atoms. The lowest BCUT2D eigenvalue weighted by Gasteiger charge is -2.19. The monoisotopic (exact) mass is 540 g/mol. The van der Waals surface area contributed by atoms with Crippen molar-refractivity contribution in [2.45, 2.75) is 48.2 Å². The number of aliphatic hydroxyl groups excluding tert-OH is 1. The highest BCUT2D eigenvalue weighted by atomic mass is 32.2. The smallest absolute Gasteiger partial charge is 0.387 e. The zero-order chi connectivity index (χ0) is 26.4. The van der Waals surface area contributed by atoms with Crippen molar-refractivity contribution in [2.75, 3.05) is 13.2 Å². The van der Waals surface area contributed by atoms with Gasteiger partial charge in [0.15, 0.2) is 9.84 Å². The van der Waals surface area contributed by atoms with Gasteiger partial charge in [0.25, 0.3) is 0 Å². The van der Waals surface area contributed by atoms with Gasteiger partial charge in [0, 0.05) is 12.0 Å². The van der Waals surface area contributed by atoms with Gasteiger partial charge in [-0.05, 0) is 54.3 Å². The highest BCUT2D eigenvalue weighted by Gasteiger charge is 2.38. The van der Waals surface area contributed by atoms with E-state index < -0.39 is 22.6 Å². The van der Waals surface area contributed by atoms with Gasteiger partial charge >= 0.3 is 6.61 Å². The van der Waals surface area contributed by atoms with E-state index >= 15 is 0 Å². The largest absolute Gasteiger partial charge is 0.434 e. The summed E-state index contributed by atoms with van der Waals surface area (Å²) in [5, 5.41) is 9.04. The molecule has 1 saturated carbocycles. The van der Waals surface area contributed by atoms with Crippen LogP contribution in [0.4, 0.5) is 8.78 Å². The summed E-state index contributed by atoms with van der Waals surface area (Å²) in [5.41, 5.74) is 3.81. The van der Waals surface area contributed by atoms with Gasteiger partial charge < -0.3 is 19.1 Å². The molecule has 2 heterocycles. The summed E-state index contributed by atoms with van der Waals surface area (Å²) >= 11 is 0. The molecule has 1 N–H and O–H groups in total. The van der Waals surface area contributed by atoms with Crippen molar-refractivity contribution in [3.63, 3.8) is 0 Å². The number of sulfone groups is 1. The van der Waals surface area contributed by atoms with Gasteiger partial charge in [-0.3, -0.25) is 0 Å². The number of fused-ring (bicyclic) bond motifs is 3. The van der Waals surface area contributed by atoms with Gasteiger partial charge in [0.2, 0.25) is 0 Å². The van der Waals surface area contributed by atoms with Crippen molar-refractivity contribution >= 4 is 20.9 Å². The van der Waals surface area contributed by atoms with Gasteiger partial charge in [-0.1, -0.05) is 36.4 Å².